The summed E-state index contributed by atoms with van der Waals surface area (Å²) in [4.78, 5) is 0. The fraction of sp³-hybridized carbons (Fsp3) is 0.571. The Labute approximate surface area is 108 Å². The molecule has 1 atom stereocenters. The summed E-state index contributed by atoms with van der Waals surface area (Å²) in [5, 5.41) is 3.46. The Morgan fingerprint density at radius 3 is 3.11 bits per heavy atom. The van der Waals surface area contributed by atoms with Crippen molar-refractivity contribution in [2.45, 2.75) is 32.2 Å². The van der Waals surface area contributed by atoms with Gasteiger partial charge in [0.2, 0.25) is 0 Å². The number of nitrogens with two attached hydrogens (primary N) is 1. The molecule has 4 heteroatoms. The van der Waals surface area contributed by atoms with Crippen LogP contribution >= 0.6 is 0 Å². The molecule has 1 aromatic rings. The van der Waals surface area contributed by atoms with Gasteiger partial charge in [-0.3, -0.25) is 0 Å². The standard InChI is InChI=1S/C14H22N2O2/c1-2-7-18-14-9-11(5-6-13(14)15)16-12-4-3-8-17-10-12/h5-6,9,12,16H,2-4,7-8,10,15H2,1H3. The van der Waals surface area contributed by atoms with Crippen molar-refractivity contribution >= 4 is 11.4 Å². The topological polar surface area (TPSA) is 56.5 Å². The first-order valence-corrected chi connectivity index (χ1v) is 6.66. The van der Waals surface area contributed by atoms with Crippen LogP contribution in [0.25, 0.3) is 0 Å². The monoisotopic (exact) mass is 250 g/mol. The summed E-state index contributed by atoms with van der Waals surface area (Å²) in [7, 11) is 0. The molecule has 18 heavy (non-hydrogen) atoms. The van der Waals surface area contributed by atoms with Gasteiger partial charge in [0.15, 0.2) is 0 Å². The average molecular weight is 250 g/mol. The summed E-state index contributed by atoms with van der Waals surface area (Å²) in [5.74, 6) is 0.763. The molecule has 2 rings (SSSR count). The summed E-state index contributed by atoms with van der Waals surface area (Å²) >= 11 is 0. The van der Waals surface area contributed by atoms with Gasteiger partial charge in [0.25, 0.3) is 0 Å². The molecule has 0 aliphatic carbocycles. The van der Waals surface area contributed by atoms with E-state index in [2.05, 4.69) is 12.2 Å². The zero-order chi connectivity index (χ0) is 12.8. The SMILES string of the molecule is CCCOc1cc(NC2CCCOC2)ccc1N. The largest absolute Gasteiger partial charge is 0.491 e. The number of nitrogens with one attached hydrogen (secondary N) is 1. The van der Waals surface area contributed by atoms with E-state index in [0.29, 0.717) is 18.3 Å². The molecule has 0 spiro atoms. The second kappa shape index (κ2) is 6.50. The molecule has 1 unspecified atom stereocenters. The Morgan fingerprint density at radius 1 is 1.50 bits per heavy atom. The lowest BCUT2D eigenvalue weighted by Gasteiger charge is -2.24. The number of anilines is 2. The predicted octanol–water partition coefficient (Wildman–Crippen LogP) is 2.65. The molecule has 1 saturated heterocycles. The van der Waals surface area contributed by atoms with Gasteiger partial charge in [0.05, 0.1) is 18.9 Å². The number of hydrogen-bond acceptors (Lipinski definition) is 4. The van der Waals surface area contributed by atoms with Crippen molar-refractivity contribution in [2.24, 2.45) is 0 Å². The Morgan fingerprint density at radius 2 is 2.39 bits per heavy atom. The maximum Gasteiger partial charge on any atom is 0.144 e. The summed E-state index contributed by atoms with van der Waals surface area (Å²) in [6.45, 7) is 4.43. The van der Waals surface area contributed by atoms with Crippen molar-refractivity contribution in [1.82, 2.24) is 0 Å². The van der Waals surface area contributed by atoms with Crippen LogP contribution in [0, 0.1) is 0 Å². The first kappa shape index (κ1) is 13.0. The normalized spacial score (nSPS) is 19.5. The molecule has 0 radical (unpaired) electrons. The molecule has 0 saturated carbocycles. The van der Waals surface area contributed by atoms with Crippen molar-refractivity contribution < 1.29 is 9.47 Å². The van der Waals surface area contributed by atoms with Gasteiger partial charge in [-0.25, -0.2) is 0 Å². The minimum absolute atomic E-state index is 0.390. The lowest BCUT2D eigenvalue weighted by molar-refractivity contribution is 0.0876. The quantitative estimate of drug-likeness (QED) is 0.789. The molecule has 3 N–H and O–H groups in total. The molecule has 4 nitrogen and oxygen atoms in total. The van der Waals surface area contributed by atoms with Gasteiger partial charge in [0.1, 0.15) is 5.75 Å². The Bertz CT molecular complexity index is 376. The highest BCUT2D eigenvalue weighted by atomic mass is 16.5. The van der Waals surface area contributed by atoms with Crippen LogP contribution in [0.5, 0.6) is 5.75 Å². The molecule has 100 valence electrons. The van der Waals surface area contributed by atoms with Crippen molar-refractivity contribution in [3.05, 3.63) is 18.2 Å². The van der Waals surface area contributed by atoms with Gasteiger partial charge in [-0.1, -0.05) is 6.92 Å². The third kappa shape index (κ3) is 3.53. The minimum atomic E-state index is 0.390. The molecule has 1 fully saturated rings. The van der Waals surface area contributed by atoms with Crippen molar-refractivity contribution in [1.29, 1.82) is 0 Å². The third-order valence-electron chi connectivity index (χ3n) is 3.01. The Hall–Kier alpha value is -1.42. The van der Waals surface area contributed by atoms with Crippen LogP contribution in [0.2, 0.25) is 0 Å². The molecule has 1 aromatic carbocycles. The van der Waals surface area contributed by atoms with E-state index >= 15 is 0 Å². The zero-order valence-electron chi connectivity index (χ0n) is 10.9. The van der Waals surface area contributed by atoms with E-state index in [-0.39, 0.29) is 0 Å². The van der Waals surface area contributed by atoms with Gasteiger partial charge in [-0.2, -0.15) is 0 Å². The highest BCUT2D eigenvalue weighted by Crippen LogP contribution is 2.26. The number of benzene rings is 1. The molecular formula is C14H22N2O2. The van der Waals surface area contributed by atoms with Gasteiger partial charge in [-0.15, -0.1) is 0 Å². The van der Waals surface area contributed by atoms with E-state index in [4.69, 9.17) is 15.2 Å². The Kier molecular flexibility index (Phi) is 4.70. The number of ether oxygens (including phenoxy) is 2. The Balaban J connectivity index is 1.99. The first-order valence-electron chi connectivity index (χ1n) is 6.66. The van der Waals surface area contributed by atoms with E-state index in [0.717, 1.165) is 43.9 Å². The molecular weight excluding hydrogens is 228 g/mol. The van der Waals surface area contributed by atoms with Gasteiger partial charge in [-0.05, 0) is 31.4 Å². The summed E-state index contributed by atoms with van der Waals surface area (Å²) in [5.41, 5.74) is 7.62. The van der Waals surface area contributed by atoms with E-state index in [1.807, 2.05) is 18.2 Å². The summed E-state index contributed by atoms with van der Waals surface area (Å²) in [6.07, 6.45) is 3.24. The third-order valence-corrected chi connectivity index (χ3v) is 3.01. The second-order valence-electron chi connectivity index (χ2n) is 4.66. The van der Waals surface area contributed by atoms with E-state index in [1.54, 1.807) is 0 Å². The van der Waals surface area contributed by atoms with Crippen molar-refractivity contribution in [3.8, 4) is 5.75 Å². The maximum atomic E-state index is 5.89. The van der Waals surface area contributed by atoms with Crippen LogP contribution in [-0.4, -0.2) is 25.9 Å². The fourth-order valence-corrected chi connectivity index (χ4v) is 2.05. The maximum absolute atomic E-state index is 5.89. The molecule has 0 amide bonds. The van der Waals surface area contributed by atoms with Crippen LogP contribution in [-0.2, 0) is 4.74 Å². The van der Waals surface area contributed by atoms with Gasteiger partial charge < -0.3 is 20.5 Å². The van der Waals surface area contributed by atoms with Crippen LogP contribution in [0.1, 0.15) is 26.2 Å². The van der Waals surface area contributed by atoms with Crippen LogP contribution in [0.3, 0.4) is 0 Å². The minimum Gasteiger partial charge on any atom is -0.491 e. The number of hydrogen-bond donors (Lipinski definition) is 2. The molecule has 1 aliphatic rings. The van der Waals surface area contributed by atoms with Gasteiger partial charge in [0, 0.05) is 24.4 Å². The lowest BCUT2D eigenvalue weighted by atomic mass is 10.1. The highest BCUT2D eigenvalue weighted by Gasteiger charge is 2.13. The van der Waals surface area contributed by atoms with E-state index < -0.39 is 0 Å². The van der Waals surface area contributed by atoms with E-state index in [9.17, 15) is 0 Å². The molecule has 0 bridgehead atoms. The number of rotatable bonds is 5. The highest BCUT2D eigenvalue weighted by molar-refractivity contribution is 5.61. The molecule has 1 heterocycles. The van der Waals surface area contributed by atoms with Crippen molar-refractivity contribution in [2.75, 3.05) is 30.9 Å². The summed E-state index contributed by atoms with van der Waals surface area (Å²) in [6, 6.07) is 6.24. The number of nitrogen functional groups attached to an aromatic ring is 1. The van der Waals surface area contributed by atoms with Crippen molar-refractivity contribution in [3.63, 3.8) is 0 Å². The first-order chi connectivity index (χ1) is 8.79. The second-order valence-corrected chi connectivity index (χ2v) is 4.66. The van der Waals surface area contributed by atoms with Crippen LogP contribution in [0.4, 0.5) is 11.4 Å². The zero-order valence-corrected chi connectivity index (χ0v) is 10.9. The molecule has 0 aromatic heterocycles. The smallest absolute Gasteiger partial charge is 0.144 e. The van der Waals surface area contributed by atoms with E-state index in [1.165, 1.54) is 0 Å². The average Bonchev–Trinajstić information content (AvgIpc) is 2.40. The van der Waals surface area contributed by atoms with Gasteiger partial charge >= 0.3 is 0 Å². The lowest BCUT2D eigenvalue weighted by Crippen LogP contribution is -2.29. The summed E-state index contributed by atoms with van der Waals surface area (Å²) < 4.78 is 11.1. The fourth-order valence-electron chi connectivity index (χ4n) is 2.05. The predicted molar refractivity (Wildman–Crippen MR) is 74.1 cm³/mol. The molecule has 1 aliphatic heterocycles. The van der Waals surface area contributed by atoms with Crippen LogP contribution < -0.4 is 15.8 Å². The van der Waals surface area contributed by atoms with Crippen LogP contribution in [0.15, 0.2) is 18.2 Å².